The molecular formula is C14H8ClFN2O3. The van der Waals surface area contributed by atoms with E-state index in [4.69, 9.17) is 21.6 Å². The van der Waals surface area contributed by atoms with Crippen molar-refractivity contribution in [3.8, 4) is 11.8 Å². The van der Waals surface area contributed by atoms with Crippen LogP contribution in [0.15, 0.2) is 36.4 Å². The molecule has 106 valence electrons. The lowest BCUT2D eigenvalue weighted by Crippen LogP contribution is -1.99. The first-order chi connectivity index (χ1) is 9.99. The summed E-state index contributed by atoms with van der Waals surface area (Å²) in [5.41, 5.74) is 0.191. The Morgan fingerprint density at radius 1 is 1.33 bits per heavy atom. The van der Waals surface area contributed by atoms with Crippen LogP contribution in [-0.2, 0) is 6.61 Å². The highest BCUT2D eigenvalue weighted by molar-refractivity contribution is 6.30. The molecule has 0 atom stereocenters. The standard InChI is InChI=1S/C14H8ClFN2O3/c15-11-2-1-10(7-17)14(5-11)21-8-9-3-12(16)6-13(4-9)18(19)20/h1-6H,8H2. The Hall–Kier alpha value is -2.65. The van der Waals surface area contributed by atoms with E-state index in [0.29, 0.717) is 5.02 Å². The van der Waals surface area contributed by atoms with Crippen molar-refractivity contribution < 1.29 is 14.1 Å². The second-order valence-electron chi connectivity index (χ2n) is 4.12. The highest BCUT2D eigenvalue weighted by atomic mass is 35.5. The summed E-state index contributed by atoms with van der Waals surface area (Å²) < 4.78 is 18.7. The van der Waals surface area contributed by atoms with E-state index in [0.717, 1.165) is 12.1 Å². The number of nitriles is 1. The molecule has 0 amide bonds. The molecule has 0 heterocycles. The van der Waals surface area contributed by atoms with E-state index in [-0.39, 0.29) is 29.2 Å². The Morgan fingerprint density at radius 2 is 2.10 bits per heavy atom. The molecule has 2 aromatic carbocycles. The van der Waals surface area contributed by atoms with E-state index in [1.165, 1.54) is 18.2 Å². The zero-order valence-corrected chi connectivity index (χ0v) is 11.3. The number of rotatable bonds is 4. The SMILES string of the molecule is N#Cc1ccc(Cl)cc1OCc1cc(F)cc([N+](=O)[O-])c1. The molecule has 0 bridgehead atoms. The molecule has 21 heavy (non-hydrogen) atoms. The van der Waals surface area contributed by atoms with Gasteiger partial charge in [-0.25, -0.2) is 4.39 Å². The summed E-state index contributed by atoms with van der Waals surface area (Å²) in [4.78, 5) is 9.97. The number of halogens is 2. The molecule has 2 aromatic rings. The number of hydrogen-bond acceptors (Lipinski definition) is 4. The van der Waals surface area contributed by atoms with Crippen LogP contribution in [0.3, 0.4) is 0 Å². The van der Waals surface area contributed by atoms with E-state index < -0.39 is 10.7 Å². The zero-order chi connectivity index (χ0) is 15.4. The molecule has 0 spiro atoms. The molecule has 2 rings (SSSR count). The first kappa shape index (κ1) is 14.8. The number of nitro groups is 1. The maximum atomic E-state index is 13.3. The highest BCUT2D eigenvalue weighted by Gasteiger charge is 2.11. The van der Waals surface area contributed by atoms with E-state index in [2.05, 4.69) is 0 Å². The fourth-order valence-electron chi connectivity index (χ4n) is 1.69. The lowest BCUT2D eigenvalue weighted by molar-refractivity contribution is -0.385. The molecule has 0 saturated heterocycles. The van der Waals surface area contributed by atoms with Crippen molar-refractivity contribution in [3.63, 3.8) is 0 Å². The van der Waals surface area contributed by atoms with Crippen molar-refractivity contribution >= 4 is 17.3 Å². The van der Waals surface area contributed by atoms with Gasteiger partial charge < -0.3 is 4.74 Å². The van der Waals surface area contributed by atoms with Crippen molar-refractivity contribution in [2.75, 3.05) is 0 Å². The number of benzene rings is 2. The third-order valence-corrected chi connectivity index (χ3v) is 2.85. The first-order valence-electron chi connectivity index (χ1n) is 5.76. The minimum Gasteiger partial charge on any atom is -0.487 e. The molecule has 0 aliphatic heterocycles. The Bertz CT molecular complexity index is 743. The summed E-state index contributed by atoms with van der Waals surface area (Å²) in [5.74, 6) is -0.494. The Kier molecular flexibility index (Phi) is 4.36. The van der Waals surface area contributed by atoms with Crippen LogP contribution >= 0.6 is 11.6 Å². The average Bonchev–Trinajstić information content (AvgIpc) is 2.44. The number of nitro benzene ring substituents is 1. The van der Waals surface area contributed by atoms with Gasteiger partial charge >= 0.3 is 0 Å². The van der Waals surface area contributed by atoms with Gasteiger partial charge in [0.25, 0.3) is 5.69 Å². The van der Waals surface area contributed by atoms with Gasteiger partial charge in [-0.1, -0.05) is 11.6 Å². The van der Waals surface area contributed by atoms with Gasteiger partial charge in [0.2, 0.25) is 0 Å². The van der Waals surface area contributed by atoms with Gasteiger partial charge in [-0.2, -0.15) is 5.26 Å². The lowest BCUT2D eigenvalue weighted by atomic mass is 10.2. The molecule has 0 unspecified atom stereocenters. The molecule has 0 aliphatic carbocycles. The number of nitrogens with zero attached hydrogens (tertiary/aromatic N) is 2. The predicted octanol–water partition coefficient (Wildman–Crippen LogP) is 3.84. The van der Waals surface area contributed by atoms with Gasteiger partial charge in [0, 0.05) is 17.2 Å². The van der Waals surface area contributed by atoms with Crippen LogP contribution in [0.25, 0.3) is 0 Å². The largest absolute Gasteiger partial charge is 0.487 e. The summed E-state index contributed by atoms with van der Waals surface area (Å²) in [6, 6.07) is 9.58. The molecule has 0 N–H and O–H groups in total. The number of hydrogen-bond donors (Lipinski definition) is 0. The Morgan fingerprint density at radius 3 is 2.76 bits per heavy atom. The summed E-state index contributed by atoms with van der Waals surface area (Å²) >= 11 is 5.81. The highest BCUT2D eigenvalue weighted by Crippen LogP contribution is 2.24. The smallest absolute Gasteiger partial charge is 0.272 e. The van der Waals surface area contributed by atoms with E-state index >= 15 is 0 Å². The minimum absolute atomic E-state index is 0.117. The third kappa shape index (κ3) is 3.68. The van der Waals surface area contributed by atoms with Gasteiger partial charge in [0.1, 0.15) is 24.2 Å². The van der Waals surface area contributed by atoms with Crippen molar-refractivity contribution in [1.29, 1.82) is 5.26 Å². The van der Waals surface area contributed by atoms with Gasteiger partial charge in [-0.05, 0) is 23.8 Å². The second-order valence-corrected chi connectivity index (χ2v) is 4.55. The molecule has 0 aliphatic rings. The molecule has 0 aromatic heterocycles. The van der Waals surface area contributed by atoms with Gasteiger partial charge in [0.05, 0.1) is 16.6 Å². The van der Waals surface area contributed by atoms with Gasteiger partial charge in [-0.3, -0.25) is 10.1 Å². The maximum absolute atomic E-state index is 13.3. The van der Waals surface area contributed by atoms with Gasteiger partial charge in [-0.15, -0.1) is 0 Å². The van der Waals surface area contributed by atoms with Gasteiger partial charge in [0.15, 0.2) is 0 Å². The van der Waals surface area contributed by atoms with E-state index in [1.807, 2.05) is 6.07 Å². The van der Waals surface area contributed by atoms with Crippen LogP contribution in [0.5, 0.6) is 5.75 Å². The molecule has 0 saturated carbocycles. The van der Waals surface area contributed by atoms with Crippen molar-refractivity contribution in [2.45, 2.75) is 6.61 Å². The van der Waals surface area contributed by atoms with E-state index in [9.17, 15) is 14.5 Å². The second kappa shape index (κ2) is 6.20. The van der Waals surface area contributed by atoms with Crippen LogP contribution in [0.2, 0.25) is 5.02 Å². The van der Waals surface area contributed by atoms with Crippen LogP contribution in [-0.4, -0.2) is 4.92 Å². The molecular weight excluding hydrogens is 299 g/mol. The average molecular weight is 307 g/mol. The van der Waals surface area contributed by atoms with E-state index in [1.54, 1.807) is 6.07 Å². The zero-order valence-electron chi connectivity index (χ0n) is 10.5. The summed E-state index contributed by atoms with van der Waals surface area (Å²) in [7, 11) is 0. The molecule has 0 radical (unpaired) electrons. The van der Waals surface area contributed by atoms with Crippen molar-refractivity contribution in [2.24, 2.45) is 0 Å². The Labute approximate surface area is 124 Å². The first-order valence-corrected chi connectivity index (χ1v) is 6.13. The topological polar surface area (TPSA) is 76.2 Å². The van der Waals surface area contributed by atoms with Crippen molar-refractivity contribution in [3.05, 3.63) is 68.5 Å². The van der Waals surface area contributed by atoms with Crippen molar-refractivity contribution in [1.82, 2.24) is 0 Å². The third-order valence-electron chi connectivity index (χ3n) is 2.61. The predicted molar refractivity (Wildman–Crippen MR) is 73.6 cm³/mol. The fourth-order valence-corrected chi connectivity index (χ4v) is 1.85. The van der Waals surface area contributed by atoms with Crippen LogP contribution in [0, 0.1) is 27.3 Å². The summed E-state index contributed by atoms with van der Waals surface area (Å²) in [6.45, 7) is -0.117. The normalized spacial score (nSPS) is 9.95. The minimum atomic E-state index is -0.727. The monoisotopic (exact) mass is 306 g/mol. The summed E-state index contributed by atoms with van der Waals surface area (Å²) in [6.07, 6.45) is 0. The molecule has 0 fully saturated rings. The fraction of sp³-hybridized carbons (Fsp3) is 0.0714. The Balaban J connectivity index is 2.23. The summed E-state index contributed by atoms with van der Waals surface area (Å²) in [5, 5.41) is 20.0. The number of non-ortho nitro benzene ring substituents is 1. The number of ether oxygens (including phenoxy) is 1. The van der Waals surface area contributed by atoms with Crippen LogP contribution in [0.4, 0.5) is 10.1 Å². The quantitative estimate of drug-likeness (QED) is 0.635. The lowest BCUT2D eigenvalue weighted by Gasteiger charge is -2.08. The van der Waals surface area contributed by atoms with Crippen LogP contribution < -0.4 is 4.74 Å². The van der Waals surface area contributed by atoms with Crippen LogP contribution in [0.1, 0.15) is 11.1 Å². The molecule has 5 nitrogen and oxygen atoms in total. The maximum Gasteiger partial charge on any atom is 0.272 e. The molecule has 7 heteroatoms.